The van der Waals surface area contributed by atoms with Crippen LogP contribution >= 0.6 is 35.0 Å². The number of benzene rings is 1. The Morgan fingerprint density at radius 1 is 1.04 bits per heavy atom. The molecule has 1 aliphatic heterocycles. The van der Waals surface area contributed by atoms with E-state index in [1.54, 1.807) is 18.2 Å². The van der Waals surface area contributed by atoms with Gasteiger partial charge in [0.05, 0.1) is 15.5 Å². The predicted molar refractivity (Wildman–Crippen MR) is 102 cm³/mol. The van der Waals surface area contributed by atoms with Crippen LogP contribution in [0.2, 0.25) is 10.0 Å². The fourth-order valence-electron chi connectivity index (χ4n) is 2.66. The quantitative estimate of drug-likeness (QED) is 0.443. The van der Waals surface area contributed by atoms with Gasteiger partial charge in [-0.15, -0.1) is 11.8 Å². The third-order valence-electron chi connectivity index (χ3n) is 3.85. The van der Waals surface area contributed by atoms with Crippen molar-refractivity contribution in [2.24, 2.45) is 0 Å². The SMILES string of the molecule is CCCCCCN1C(=O)C(SCC)=C(c2ccc(Cl)cc2Cl)C1=O. The standard InChI is InChI=1S/C18H21Cl2NO2S/c1-3-5-6-7-10-21-17(22)15(16(18(21)23)24-4-2)13-9-8-12(19)11-14(13)20/h8-9,11H,3-7,10H2,1-2H3. The van der Waals surface area contributed by atoms with E-state index in [9.17, 15) is 9.59 Å². The minimum Gasteiger partial charge on any atom is -0.274 e. The molecule has 0 N–H and O–H groups in total. The molecule has 1 aliphatic rings. The Kier molecular flexibility index (Phi) is 7.20. The minimum absolute atomic E-state index is 0.204. The molecule has 130 valence electrons. The molecule has 0 fully saturated rings. The van der Waals surface area contributed by atoms with Crippen LogP contribution in [0.1, 0.15) is 45.1 Å². The van der Waals surface area contributed by atoms with E-state index in [4.69, 9.17) is 23.2 Å². The Balaban J connectivity index is 2.31. The highest BCUT2D eigenvalue weighted by Gasteiger charge is 2.39. The number of amides is 2. The smallest absolute Gasteiger partial charge is 0.267 e. The number of halogens is 2. The number of carbonyl (C=O) groups excluding carboxylic acids is 2. The van der Waals surface area contributed by atoms with Crippen molar-refractivity contribution in [1.29, 1.82) is 0 Å². The molecule has 0 bridgehead atoms. The van der Waals surface area contributed by atoms with Gasteiger partial charge in [-0.2, -0.15) is 0 Å². The van der Waals surface area contributed by atoms with E-state index in [0.29, 0.717) is 38.4 Å². The molecule has 0 saturated carbocycles. The molecule has 0 aliphatic carbocycles. The van der Waals surface area contributed by atoms with Crippen molar-refractivity contribution in [3.8, 4) is 0 Å². The minimum atomic E-state index is -0.253. The zero-order valence-corrected chi connectivity index (χ0v) is 16.2. The molecule has 24 heavy (non-hydrogen) atoms. The van der Waals surface area contributed by atoms with Gasteiger partial charge in [-0.25, -0.2) is 0 Å². The molecule has 1 heterocycles. The zero-order chi connectivity index (χ0) is 17.7. The normalized spacial score (nSPS) is 14.9. The average Bonchev–Trinajstić information content (AvgIpc) is 2.76. The van der Waals surface area contributed by atoms with Crippen molar-refractivity contribution in [2.45, 2.75) is 39.5 Å². The van der Waals surface area contributed by atoms with E-state index in [1.165, 1.54) is 16.7 Å². The van der Waals surface area contributed by atoms with Gasteiger partial charge in [0.25, 0.3) is 11.8 Å². The third kappa shape index (κ3) is 4.16. The maximum Gasteiger partial charge on any atom is 0.267 e. The van der Waals surface area contributed by atoms with Crippen LogP contribution in [0.25, 0.3) is 5.57 Å². The van der Waals surface area contributed by atoms with Gasteiger partial charge in [0.2, 0.25) is 0 Å². The van der Waals surface area contributed by atoms with Crippen LogP contribution in [0, 0.1) is 0 Å². The monoisotopic (exact) mass is 385 g/mol. The molecule has 0 saturated heterocycles. The molecule has 0 spiro atoms. The molecular formula is C18H21Cl2NO2S. The summed E-state index contributed by atoms with van der Waals surface area (Å²) < 4.78 is 0. The number of rotatable bonds is 8. The van der Waals surface area contributed by atoms with Gasteiger partial charge in [-0.3, -0.25) is 14.5 Å². The van der Waals surface area contributed by atoms with Crippen LogP contribution in [-0.2, 0) is 9.59 Å². The Morgan fingerprint density at radius 3 is 2.42 bits per heavy atom. The third-order valence-corrected chi connectivity index (χ3v) is 5.35. The number of imide groups is 1. The molecule has 2 amide bonds. The largest absolute Gasteiger partial charge is 0.274 e. The second-order valence-corrected chi connectivity index (χ2v) is 7.70. The average molecular weight is 386 g/mol. The predicted octanol–water partition coefficient (Wildman–Crippen LogP) is 5.41. The van der Waals surface area contributed by atoms with Gasteiger partial charge >= 0.3 is 0 Å². The second kappa shape index (κ2) is 8.93. The van der Waals surface area contributed by atoms with Gasteiger partial charge in [0.15, 0.2) is 0 Å². The summed E-state index contributed by atoms with van der Waals surface area (Å²) in [4.78, 5) is 27.4. The molecule has 6 heteroatoms. The summed E-state index contributed by atoms with van der Waals surface area (Å²) in [6, 6.07) is 5.00. The molecule has 1 aromatic carbocycles. The van der Waals surface area contributed by atoms with Crippen LogP contribution in [-0.4, -0.2) is 29.0 Å². The highest BCUT2D eigenvalue weighted by molar-refractivity contribution is 8.04. The van der Waals surface area contributed by atoms with E-state index < -0.39 is 0 Å². The van der Waals surface area contributed by atoms with Gasteiger partial charge in [-0.05, 0) is 24.3 Å². The van der Waals surface area contributed by atoms with Crippen molar-refractivity contribution >= 4 is 52.4 Å². The van der Waals surface area contributed by atoms with Crippen molar-refractivity contribution in [2.75, 3.05) is 12.3 Å². The lowest BCUT2D eigenvalue weighted by Gasteiger charge is -2.15. The first-order chi connectivity index (χ1) is 11.5. The molecule has 0 radical (unpaired) electrons. The first-order valence-corrected chi connectivity index (χ1v) is 9.94. The van der Waals surface area contributed by atoms with E-state index in [-0.39, 0.29) is 11.8 Å². The number of nitrogens with zero attached hydrogens (tertiary/aromatic N) is 1. The topological polar surface area (TPSA) is 37.4 Å². The molecule has 0 unspecified atom stereocenters. The van der Waals surface area contributed by atoms with E-state index in [2.05, 4.69) is 6.92 Å². The van der Waals surface area contributed by atoms with Crippen molar-refractivity contribution in [1.82, 2.24) is 4.90 Å². The first-order valence-electron chi connectivity index (χ1n) is 8.19. The highest BCUT2D eigenvalue weighted by Crippen LogP contribution is 2.39. The van der Waals surface area contributed by atoms with Crippen LogP contribution < -0.4 is 0 Å². The maximum absolute atomic E-state index is 12.8. The Morgan fingerprint density at radius 2 is 1.79 bits per heavy atom. The number of thioether (sulfide) groups is 1. The lowest BCUT2D eigenvalue weighted by molar-refractivity contribution is -0.136. The number of hydrogen-bond acceptors (Lipinski definition) is 3. The molecule has 0 aromatic heterocycles. The summed E-state index contributed by atoms with van der Waals surface area (Å²) in [5.41, 5.74) is 0.982. The molecule has 2 rings (SSSR count). The summed E-state index contributed by atoms with van der Waals surface area (Å²) in [5.74, 6) is 0.258. The number of carbonyl (C=O) groups is 2. The number of hydrogen-bond donors (Lipinski definition) is 0. The second-order valence-electron chi connectivity index (χ2n) is 5.58. The van der Waals surface area contributed by atoms with E-state index in [1.807, 2.05) is 6.92 Å². The first kappa shape index (κ1) is 19.4. The molecular weight excluding hydrogens is 365 g/mol. The Hall–Kier alpha value is -0.970. The van der Waals surface area contributed by atoms with Crippen LogP contribution in [0.3, 0.4) is 0 Å². The van der Waals surface area contributed by atoms with Crippen molar-refractivity contribution in [3.63, 3.8) is 0 Å². The summed E-state index contributed by atoms with van der Waals surface area (Å²) in [6.07, 6.45) is 4.07. The Labute approximate surface area is 157 Å². The van der Waals surface area contributed by atoms with Gasteiger partial charge < -0.3 is 0 Å². The van der Waals surface area contributed by atoms with Crippen LogP contribution in [0.4, 0.5) is 0 Å². The zero-order valence-electron chi connectivity index (χ0n) is 13.9. The van der Waals surface area contributed by atoms with Crippen LogP contribution in [0.5, 0.6) is 0 Å². The van der Waals surface area contributed by atoms with Gasteiger partial charge in [0, 0.05) is 17.1 Å². The Bertz CT molecular complexity index is 673. The van der Waals surface area contributed by atoms with Gasteiger partial charge in [-0.1, -0.05) is 62.4 Å². The van der Waals surface area contributed by atoms with Crippen LogP contribution in [0.15, 0.2) is 23.1 Å². The van der Waals surface area contributed by atoms with E-state index >= 15 is 0 Å². The van der Waals surface area contributed by atoms with Crippen molar-refractivity contribution in [3.05, 3.63) is 38.7 Å². The van der Waals surface area contributed by atoms with Crippen molar-refractivity contribution < 1.29 is 9.59 Å². The van der Waals surface area contributed by atoms with E-state index in [0.717, 1.165) is 25.7 Å². The van der Waals surface area contributed by atoms with Gasteiger partial charge in [0.1, 0.15) is 0 Å². The molecule has 0 atom stereocenters. The summed E-state index contributed by atoms with van der Waals surface area (Å²) in [6.45, 7) is 4.55. The summed E-state index contributed by atoms with van der Waals surface area (Å²) in [5, 5.41) is 0.892. The number of unbranched alkanes of at least 4 members (excludes halogenated alkanes) is 3. The molecule has 1 aromatic rings. The highest BCUT2D eigenvalue weighted by atomic mass is 35.5. The lowest BCUT2D eigenvalue weighted by Crippen LogP contribution is -2.32. The maximum atomic E-state index is 12.8. The summed E-state index contributed by atoms with van der Waals surface area (Å²) >= 11 is 13.6. The fourth-order valence-corrected chi connectivity index (χ4v) is 4.03. The fraction of sp³-hybridized carbons (Fsp3) is 0.444. The lowest BCUT2D eigenvalue weighted by atomic mass is 10.1. The molecule has 3 nitrogen and oxygen atoms in total. The summed E-state index contributed by atoms with van der Waals surface area (Å²) in [7, 11) is 0.